The molecule has 2 aliphatic rings. The fraction of sp³-hybridized carbons (Fsp3) is 0.222. The molecule has 0 spiro atoms. The fourth-order valence-electron chi connectivity index (χ4n) is 3.41. The Kier molecular flexibility index (Phi) is 3.16. The molecule has 0 unspecified atom stereocenters. The predicted molar refractivity (Wildman–Crippen MR) is 85.0 cm³/mol. The summed E-state index contributed by atoms with van der Waals surface area (Å²) in [4.78, 5) is 24.0. The summed E-state index contributed by atoms with van der Waals surface area (Å²) in [6.45, 7) is 0. The Morgan fingerprint density at radius 2 is 1.65 bits per heavy atom. The van der Waals surface area contributed by atoms with Crippen LogP contribution in [0, 0.1) is 11.8 Å². The number of hydrogen-bond donors (Lipinski definition) is 2. The van der Waals surface area contributed by atoms with Crippen LogP contribution >= 0.6 is 0 Å². The minimum absolute atomic E-state index is 0.315. The number of carbonyl (C=O) groups excluding carboxylic acids is 1. The van der Waals surface area contributed by atoms with Crippen LogP contribution in [0.2, 0.25) is 0 Å². The Hall–Kier alpha value is -2.66. The third-order valence-electron chi connectivity index (χ3n) is 4.50. The second kappa shape index (κ2) is 5.21. The van der Waals surface area contributed by atoms with E-state index in [0.717, 1.165) is 10.8 Å². The lowest BCUT2D eigenvalue weighted by molar-refractivity contribution is -0.145. The van der Waals surface area contributed by atoms with Gasteiger partial charge in [0.15, 0.2) is 0 Å². The number of hydrogen-bond acceptors (Lipinski definition) is 3. The molecule has 0 aliphatic carbocycles. The summed E-state index contributed by atoms with van der Waals surface area (Å²) in [5.74, 6) is -2.84. The molecular weight excluding hydrogens is 294 g/mol. The number of aliphatic carboxylic acids is 1. The summed E-state index contributed by atoms with van der Waals surface area (Å²) in [5.41, 5.74) is 0.657. The van der Waals surface area contributed by atoms with E-state index in [1.165, 1.54) is 0 Å². The van der Waals surface area contributed by atoms with E-state index in [1.54, 1.807) is 12.2 Å². The monoisotopic (exact) mass is 309 g/mol. The molecule has 0 saturated carbocycles. The first-order valence-corrected chi connectivity index (χ1v) is 7.50. The predicted octanol–water partition coefficient (Wildman–Crippen LogP) is 2.43. The van der Waals surface area contributed by atoms with E-state index >= 15 is 0 Å². The number of amides is 1. The molecule has 1 saturated heterocycles. The smallest absolute Gasteiger partial charge is 0.310 e. The molecule has 2 aliphatic heterocycles. The zero-order valence-corrected chi connectivity index (χ0v) is 12.2. The maximum absolute atomic E-state index is 12.6. The van der Waals surface area contributed by atoms with E-state index < -0.39 is 30.0 Å². The van der Waals surface area contributed by atoms with Gasteiger partial charge < -0.3 is 15.2 Å². The second-order valence-corrected chi connectivity index (χ2v) is 5.89. The Balaban J connectivity index is 1.59. The number of carboxylic acids is 1. The first-order valence-electron chi connectivity index (χ1n) is 7.50. The lowest BCUT2D eigenvalue weighted by atomic mass is 9.82. The van der Waals surface area contributed by atoms with Gasteiger partial charge in [0.2, 0.25) is 5.91 Å². The molecule has 5 heteroatoms. The standard InChI is InChI=1S/C18H15NO4/c20-17(15-13-7-8-14(23-13)16(15)18(21)22)19-12-6-5-10-3-1-2-4-11(10)9-12/h1-9,13-16H,(H,19,20)(H,21,22)/t13-,14-,15+,16-/m0/s1. The van der Waals surface area contributed by atoms with Gasteiger partial charge in [-0.2, -0.15) is 0 Å². The van der Waals surface area contributed by atoms with Gasteiger partial charge in [0.1, 0.15) is 5.92 Å². The van der Waals surface area contributed by atoms with Crippen LogP contribution in [0.5, 0.6) is 0 Å². The number of fused-ring (bicyclic) bond motifs is 3. The number of anilines is 1. The Bertz CT molecular complexity index is 829. The van der Waals surface area contributed by atoms with Crippen molar-refractivity contribution in [3.63, 3.8) is 0 Å². The maximum atomic E-state index is 12.6. The van der Waals surface area contributed by atoms with Crippen LogP contribution in [0.25, 0.3) is 10.8 Å². The molecule has 1 fully saturated rings. The van der Waals surface area contributed by atoms with Crippen LogP contribution in [0.15, 0.2) is 54.6 Å². The molecule has 23 heavy (non-hydrogen) atoms. The molecule has 2 aromatic carbocycles. The summed E-state index contributed by atoms with van der Waals surface area (Å²) < 4.78 is 5.54. The normalized spacial score (nSPS) is 28.2. The third-order valence-corrected chi connectivity index (χ3v) is 4.50. The van der Waals surface area contributed by atoms with Crippen LogP contribution in [0.3, 0.4) is 0 Å². The van der Waals surface area contributed by atoms with E-state index in [9.17, 15) is 14.7 Å². The highest BCUT2D eigenvalue weighted by Crippen LogP contribution is 2.39. The van der Waals surface area contributed by atoms with Gasteiger partial charge >= 0.3 is 5.97 Å². The van der Waals surface area contributed by atoms with Crippen LogP contribution in [-0.2, 0) is 14.3 Å². The second-order valence-electron chi connectivity index (χ2n) is 5.89. The quantitative estimate of drug-likeness (QED) is 0.854. The summed E-state index contributed by atoms with van der Waals surface area (Å²) in [7, 11) is 0. The van der Waals surface area contributed by atoms with Gasteiger partial charge in [0, 0.05) is 5.69 Å². The van der Waals surface area contributed by atoms with Crippen molar-refractivity contribution in [2.45, 2.75) is 12.2 Å². The lowest BCUT2D eigenvalue weighted by Gasteiger charge is -2.21. The number of ether oxygens (including phenoxy) is 1. The number of carboxylic acid groups (broad SMARTS) is 1. The molecule has 4 rings (SSSR count). The van der Waals surface area contributed by atoms with E-state index in [2.05, 4.69) is 5.32 Å². The SMILES string of the molecule is O=C(O)[C@@H]1[C@H](C(=O)Nc2ccc3ccccc3c2)[C@@H]2C=C[C@@H]1O2. The van der Waals surface area contributed by atoms with Crippen molar-refractivity contribution in [3.05, 3.63) is 54.6 Å². The molecule has 116 valence electrons. The molecular formula is C18H15NO4. The fourth-order valence-corrected chi connectivity index (χ4v) is 3.41. The lowest BCUT2D eigenvalue weighted by Crippen LogP contribution is -2.39. The van der Waals surface area contributed by atoms with Gasteiger partial charge in [-0.1, -0.05) is 42.5 Å². The van der Waals surface area contributed by atoms with Gasteiger partial charge in [-0.05, 0) is 22.9 Å². The molecule has 2 N–H and O–H groups in total. The van der Waals surface area contributed by atoms with Gasteiger partial charge in [0.25, 0.3) is 0 Å². The van der Waals surface area contributed by atoms with E-state index in [4.69, 9.17) is 4.74 Å². The van der Waals surface area contributed by atoms with Crippen molar-refractivity contribution in [1.29, 1.82) is 0 Å². The van der Waals surface area contributed by atoms with Crippen LogP contribution < -0.4 is 5.32 Å². The molecule has 0 aromatic heterocycles. The van der Waals surface area contributed by atoms with E-state index in [-0.39, 0.29) is 5.91 Å². The maximum Gasteiger partial charge on any atom is 0.310 e. The van der Waals surface area contributed by atoms with Crippen molar-refractivity contribution in [2.24, 2.45) is 11.8 Å². The molecule has 2 aromatic rings. The highest BCUT2D eigenvalue weighted by molar-refractivity contribution is 5.98. The third kappa shape index (κ3) is 2.29. The van der Waals surface area contributed by atoms with Gasteiger partial charge in [-0.3, -0.25) is 9.59 Å². The average Bonchev–Trinajstić information content (AvgIpc) is 3.15. The van der Waals surface area contributed by atoms with Crippen LogP contribution in [0.1, 0.15) is 0 Å². The Morgan fingerprint density at radius 3 is 2.39 bits per heavy atom. The van der Waals surface area contributed by atoms with Crippen molar-refractivity contribution in [1.82, 2.24) is 0 Å². The molecule has 0 radical (unpaired) electrons. The number of rotatable bonds is 3. The molecule has 2 heterocycles. The Morgan fingerprint density at radius 1 is 0.957 bits per heavy atom. The van der Waals surface area contributed by atoms with E-state index in [1.807, 2.05) is 42.5 Å². The average molecular weight is 309 g/mol. The largest absolute Gasteiger partial charge is 0.481 e. The van der Waals surface area contributed by atoms with Crippen LogP contribution in [0.4, 0.5) is 5.69 Å². The molecule has 2 bridgehead atoms. The highest BCUT2D eigenvalue weighted by Gasteiger charge is 2.53. The zero-order chi connectivity index (χ0) is 16.0. The van der Waals surface area contributed by atoms with Crippen LogP contribution in [-0.4, -0.2) is 29.2 Å². The van der Waals surface area contributed by atoms with E-state index in [0.29, 0.717) is 5.69 Å². The summed E-state index contributed by atoms with van der Waals surface area (Å²) in [5, 5.41) is 14.3. The molecule has 4 atom stereocenters. The molecule has 1 amide bonds. The van der Waals surface area contributed by atoms with Gasteiger partial charge in [0.05, 0.1) is 18.1 Å². The first kappa shape index (κ1) is 14.0. The van der Waals surface area contributed by atoms with Gasteiger partial charge in [-0.15, -0.1) is 0 Å². The minimum Gasteiger partial charge on any atom is -0.481 e. The highest BCUT2D eigenvalue weighted by atomic mass is 16.5. The van der Waals surface area contributed by atoms with Crippen molar-refractivity contribution in [2.75, 3.05) is 5.32 Å². The summed E-state index contributed by atoms with van der Waals surface area (Å²) >= 11 is 0. The number of nitrogens with one attached hydrogen (secondary N) is 1. The topological polar surface area (TPSA) is 75.6 Å². The summed E-state index contributed by atoms with van der Waals surface area (Å²) in [6, 6.07) is 13.5. The Labute approximate surface area is 132 Å². The zero-order valence-electron chi connectivity index (χ0n) is 12.2. The van der Waals surface area contributed by atoms with Crippen molar-refractivity contribution >= 4 is 28.3 Å². The number of carbonyl (C=O) groups is 2. The van der Waals surface area contributed by atoms with Crippen molar-refractivity contribution in [3.8, 4) is 0 Å². The molecule has 5 nitrogen and oxygen atoms in total. The number of benzene rings is 2. The first-order chi connectivity index (χ1) is 11.1. The minimum atomic E-state index is -1.000. The van der Waals surface area contributed by atoms with Crippen molar-refractivity contribution < 1.29 is 19.4 Å². The van der Waals surface area contributed by atoms with Gasteiger partial charge in [-0.25, -0.2) is 0 Å². The summed E-state index contributed by atoms with van der Waals surface area (Å²) in [6.07, 6.45) is 2.53.